The second kappa shape index (κ2) is 6.97. The summed E-state index contributed by atoms with van der Waals surface area (Å²) in [6, 6.07) is 6.31. The predicted molar refractivity (Wildman–Crippen MR) is 116 cm³/mol. The molecule has 0 amide bonds. The maximum Gasteiger partial charge on any atom is 0.226 e. The largest absolute Gasteiger partial charge is 0.356 e. The van der Waals surface area contributed by atoms with Crippen LogP contribution in [0.15, 0.2) is 36.8 Å². The Morgan fingerprint density at radius 1 is 1.03 bits per heavy atom. The van der Waals surface area contributed by atoms with Crippen LogP contribution in [0.4, 0.5) is 16.2 Å². The maximum atomic E-state index is 13.2. The fraction of sp³-hybridized carbons (Fsp3) is 0.409. The Morgan fingerprint density at radius 2 is 1.90 bits per heavy atom. The summed E-state index contributed by atoms with van der Waals surface area (Å²) >= 11 is 0. The average Bonchev–Trinajstić information content (AvgIpc) is 3.39. The number of piperidine rings is 1. The lowest BCUT2D eigenvalue weighted by atomic mass is 9.89. The van der Waals surface area contributed by atoms with E-state index < -0.39 is 6.17 Å². The molecule has 1 aliphatic carbocycles. The number of aromatic nitrogens is 5. The van der Waals surface area contributed by atoms with Gasteiger partial charge < -0.3 is 20.2 Å². The summed E-state index contributed by atoms with van der Waals surface area (Å²) in [5.74, 6) is 2.05. The zero-order chi connectivity index (χ0) is 20.1. The van der Waals surface area contributed by atoms with E-state index >= 15 is 0 Å². The molecule has 4 aromatic rings. The van der Waals surface area contributed by atoms with E-state index in [1.807, 2.05) is 24.5 Å². The first-order valence-corrected chi connectivity index (χ1v) is 10.7. The van der Waals surface area contributed by atoms with Crippen LogP contribution < -0.4 is 10.2 Å². The number of hydrogen-bond acceptors (Lipinski definition) is 5. The highest BCUT2D eigenvalue weighted by Crippen LogP contribution is 2.36. The quantitative estimate of drug-likeness (QED) is 0.475. The molecule has 4 aromatic heterocycles. The molecule has 0 radical (unpaired) electrons. The van der Waals surface area contributed by atoms with E-state index in [0.29, 0.717) is 24.7 Å². The van der Waals surface area contributed by atoms with Crippen LogP contribution in [0.25, 0.3) is 22.1 Å². The lowest BCUT2D eigenvalue weighted by Crippen LogP contribution is -2.37. The number of fused-ring (bicyclic) bond motifs is 2. The van der Waals surface area contributed by atoms with Crippen LogP contribution in [0.3, 0.4) is 0 Å². The normalized spacial score (nSPS) is 22.5. The lowest BCUT2D eigenvalue weighted by molar-refractivity contribution is 0.191. The molecule has 3 N–H and O–H groups in total. The predicted octanol–water partition coefficient (Wildman–Crippen LogP) is 4.13. The van der Waals surface area contributed by atoms with Gasteiger partial charge in [0.05, 0.1) is 5.39 Å². The van der Waals surface area contributed by atoms with Crippen LogP contribution in [-0.2, 0) is 0 Å². The number of halogens is 1. The lowest BCUT2D eigenvalue weighted by Gasteiger charge is -2.34. The van der Waals surface area contributed by atoms with Crippen LogP contribution in [0, 0.1) is 0 Å². The van der Waals surface area contributed by atoms with Gasteiger partial charge in [0.25, 0.3) is 0 Å². The van der Waals surface area contributed by atoms with Crippen molar-refractivity contribution in [2.75, 3.05) is 23.3 Å². The summed E-state index contributed by atoms with van der Waals surface area (Å²) in [6.07, 6.45) is 8.34. The van der Waals surface area contributed by atoms with Crippen molar-refractivity contribution in [1.29, 1.82) is 0 Å². The van der Waals surface area contributed by atoms with Crippen molar-refractivity contribution >= 4 is 33.8 Å². The highest BCUT2D eigenvalue weighted by Gasteiger charge is 2.30. The summed E-state index contributed by atoms with van der Waals surface area (Å²) in [7, 11) is 0. The topological polar surface area (TPSA) is 85.5 Å². The minimum absolute atomic E-state index is 0.126. The van der Waals surface area contributed by atoms with Crippen molar-refractivity contribution < 1.29 is 4.39 Å². The van der Waals surface area contributed by atoms with Crippen LogP contribution >= 0.6 is 0 Å². The molecule has 0 spiro atoms. The van der Waals surface area contributed by atoms with E-state index in [9.17, 15) is 4.39 Å². The van der Waals surface area contributed by atoms with Gasteiger partial charge in [-0.25, -0.2) is 9.37 Å². The van der Waals surface area contributed by atoms with Crippen molar-refractivity contribution in [2.24, 2.45) is 0 Å². The van der Waals surface area contributed by atoms with Gasteiger partial charge in [-0.15, -0.1) is 0 Å². The van der Waals surface area contributed by atoms with Gasteiger partial charge in [-0.2, -0.15) is 9.97 Å². The average molecular weight is 405 g/mol. The number of rotatable bonds is 4. The summed E-state index contributed by atoms with van der Waals surface area (Å²) in [5.41, 5.74) is 3.14. The molecule has 0 unspecified atom stereocenters. The Morgan fingerprint density at radius 3 is 2.73 bits per heavy atom. The van der Waals surface area contributed by atoms with Crippen molar-refractivity contribution in [3.63, 3.8) is 0 Å². The molecule has 6 rings (SSSR count). The van der Waals surface area contributed by atoms with Gasteiger partial charge in [-0.05, 0) is 55.4 Å². The Balaban J connectivity index is 1.23. The highest BCUT2D eigenvalue weighted by molar-refractivity contribution is 5.88. The smallest absolute Gasteiger partial charge is 0.226 e. The summed E-state index contributed by atoms with van der Waals surface area (Å²) in [4.78, 5) is 22.7. The fourth-order valence-electron chi connectivity index (χ4n) is 4.80. The van der Waals surface area contributed by atoms with Gasteiger partial charge in [0, 0.05) is 43.1 Å². The van der Waals surface area contributed by atoms with Gasteiger partial charge in [0.1, 0.15) is 23.3 Å². The SMILES string of the molecule is FC1CC(Nc2nc(N3CCC(c4c[nH]c5ncccc45)CC3)c3cc[nH]c3n2)C1. The highest BCUT2D eigenvalue weighted by atomic mass is 19.1. The van der Waals surface area contributed by atoms with Crippen molar-refractivity contribution in [1.82, 2.24) is 24.9 Å². The third-order valence-electron chi connectivity index (χ3n) is 6.53. The van der Waals surface area contributed by atoms with Crippen LogP contribution in [0.5, 0.6) is 0 Å². The molecule has 1 saturated heterocycles. The molecule has 0 aromatic carbocycles. The molecule has 0 bridgehead atoms. The first-order valence-electron chi connectivity index (χ1n) is 10.7. The van der Waals surface area contributed by atoms with Gasteiger partial charge in [-0.1, -0.05) is 0 Å². The van der Waals surface area contributed by atoms with Gasteiger partial charge in [0.2, 0.25) is 5.95 Å². The van der Waals surface area contributed by atoms with E-state index in [2.05, 4.69) is 42.4 Å². The molecule has 154 valence electrons. The molecular weight excluding hydrogens is 381 g/mol. The van der Waals surface area contributed by atoms with Crippen molar-refractivity contribution in [3.8, 4) is 0 Å². The minimum atomic E-state index is -0.699. The van der Waals surface area contributed by atoms with E-state index in [0.717, 1.165) is 48.4 Å². The molecule has 7 nitrogen and oxygen atoms in total. The van der Waals surface area contributed by atoms with Crippen LogP contribution in [0.2, 0.25) is 0 Å². The van der Waals surface area contributed by atoms with E-state index in [1.54, 1.807) is 0 Å². The van der Waals surface area contributed by atoms with E-state index in [-0.39, 0.29) is 6.04 Å². The summed E-state index contributed by atoms with van der Waals surface area (Å²) < 4.78 is 13.2. The number of nitrogens with zero attached hydrogens (tertiary/aromatic N) is 4. The monoisotopic (exact) mass is 405 g/mol. The maximum absolute atomic E-state index is 13.2. The van der Waals surface area contributed by atoms with Crippen molar-refractivity contribution in [3.05, 3.63) is 42.4 Å². The number of pyridine rings is 1. The molecule has 5 heterocycles. The zero-order valence-electron chi connectivity index (χ0n) is 16.6. The van der Waals surface area contributed by atoms with E-state index in [1.165, 1.54) is 10.9 Å². The third kappa shape index (κ3) is 2.98. The third-order valence-corrected chi connectivity index (χ3v) is 6.53. The zero-order valence-corrected chi connectivity index (χ0v) is 16.6. The first-order chi connectivity index (χ1) is 14.7. The number of H-pyrrole nitrogens is 2. The Labute approximate surface area is 173 Å². The minimum Gasteiger partial charge on any atom is -0.356 e. The molecule has 1 aliphatic heterocycles. The first kappa shape index (κ1) is 17.7. The fourth-order valence-corrected chi connectivity index (χ4v) is 4.80. The van der Waals surface area contributed by atoms with Crippen LogP contribution in [-0.4, -0.2) is 50.2 Å². The summed E-state index contributed by atoms with van der Waals surface area (Å²) in [6.45, 7) is 1.87. The second-order valence-corrected chi connectivity index (χ2v) is 8.43. The standard InChI is InChI=1S/C22H24FN7/c23-14-10-15(11-14)27-22-28-20-17(3-7-25-20)21(29-22)30-8-4-13(5-9-30)18-12-26-19-16(18)2-1-6-24-19/h1-3,6-7,12-15H,4-5,8-11H2,(H,24,26)(H2,25,27,28,29). The number of nitrogens with one attached hydrogen (secondary N) is 3. The van der Waals surface area contributed by atoms with Gasteiger partial charge in [-0.3, -0.25) is 0 Å². The molecular formula is C22H24FN7. The Bertz CT molecular complexity index is 1180. The number of anilines is 2. The second-order valence-electron chi connectivity index (χ2n) is 8.43. The molecule has 1 saturated carbocycles. The Hall–Kier alpha value is -3.16. The number of aromatic amines is 2. The number of hydrogen-bond donors (Lipinski definition) is 3. The molecule has 2 aliphatic rings. The van der Waals surface area contributed by atoms with E-state index in [4.69, 9.17) is 4.98 Å². The molecule has 2 fully saturated rings. The number of alkyl halides is 1. The van der Waals surface area contributed by atoms with Gasteiger partial charge in [0.15, 0.2) is 0 Å². The Kier molecular flexibility index (Phi) is 4.11. The van der Waals surface area contributed by atoms with Gasteiger partial charge >= 0.3 is 0 Å². The molecule has 30 heavy (non-hydrogen) atoms. The van der Waals surface area contributed by atoms with Crippen LogP contribution in [0.1, 0.15) is 37.2 Å². The summed E-state index contributed by atoms with van der Waals surface area (Å²) in [5, 5.41) is 5.56. The van der Waals surface area contributed by atoms with Crippen molar-refractivity contribution in [2.45, 2.75) is 43.8 Å². The molecule has 8 heteroatoms. The molecule has 0 atom stereocenters.